The Hall–Kier alpha value is -3.53. The number of benzene rings is 2. The number of carbonyl (C=O) groups excluding carboxylic acids is 2. The van der Waals surface area contributed by atoms with Crippen LogP contribution in [-0.4, -0.2) is 38.2 Å². The third-order valence-electron chi connectivity index (χ3n) is 4.59. The van der Waals surface area contributed by atoms with Crippen LogP contribution >= 0.6 is 0 Å². The molecule has 0 radical (unpaired) electrons. The Morgan fingerprint density at radius 3 is 2.45 bits per heavy atom. The molecule has 2 aromatic carbocycles. The van der Waals surface area contributed by atoms with E-state index in [0.29, 0.717) is 17.0 Å². The number of rotatable bonds is 7. The normalized spacial score (nSPS) is 13.3. The van der Waals surface area contributed by atoms with Crippen LogP contribution in [0.4, 0.5) is 11.4 Å². The van der Waals surface area contributed by atoms with E-state index in [1.807, 2.05) is 30.3 Å². The van der Waals surface area contributed by atoms with E-state index in [-0.39, 0.29) is 6.61 Å². The molecule has 1 saturated heterocycles. The summed E-state index contributed by atoms with van der Waals surface area (Å²) >= 11 is 0. The number of carbonyl (C=O) groups is 2. The van der Waals surface area contributed by atoms with Crippen LogP contribution in [-0.2, 0) is 14.3 Å². The van der Waals surface area contributed by atoms with Crippen LogP contribution < -0.4 is 15.0 Å². The number of anilines is 2. The van der Waals surface area contributed by atoms with Crippen LogP contribution in [0.25, 0.3) is 0 Å². The van der Waals surface area contributed by atoms with E-state index in [1.54, 1.807) is 24.3 Å². The highest BCUT2D eigenvalue weighted by atomic mass is 16.6. The molecular formula is C22H23N3O4. The SMILES string of the molecule is N#Cc1ccccc1OCC(=O)OCC(=O)Nc1ccc(N2CCCCC2)cc1. The van der Waals surface area contributed by atoms with Crippen LogP contribution in [0.1, 0.15) is 24.8 Å². The Balaban J connectivity index is 1.41. The number of nitrogens with zero attached hydrogens (tertiary/aromatic N) is 2. The first-order chi connectivity index (χ1) is 14.2. The summed E-state index contributed by atoms with van der Waals surface area (Å²) in [5.41, 5.74) is 2.11. The van der Waals surface area contributed by atoms with Gasteiger partial charge in [-0.15, -0.1) is 0 Å². The van der Waals surface area contributed by atoms with Crippen molar-refractivity contribution >= 4 is 23.3 Å². The zero-order valence-corrected chi connectivity index (χ0v) is 16.1. The average Bonchev–Trinajstić information content (AvgIpc) is 2.77. The van der Waals surface area contributed by atoms with Gasteiger partial charge in [-0.2, -0.15) is 5.26 Å². The number of esters is 1. The molecule has 0 unspecified atom stereocenters. The van der Waals surface area contributed by atoms with E-state index >= 15 is 0 Å². The Morgan fingerprint density at radius 1 is 1.00 bits per heavy atom. The van der Waals surface area contributed by atoms with Gasteiger partial charge in [0.05, 0.1) is 5.56 Å². The maximum absolute atomic E-state index is 12.0. The number of nitriles is 1. The lowest BCUT2D eigenvalue weighted by molar-refractivity contribution is -0.149. The lowest BCUT2D eigenvalue weighted by Crippen LogP contribution is -2.29. The molecule has 7 nitrogen and oxygen atoms in total. The molecule has 0 saturated carbocycles. The van der Waals surface area contributed by atoms with Gasteiger partial charge in [0.15, 0.2) is 13.2 Å². The molecule has 1 aliphatic rings. The van der Waals surface area contributed by atoms with Crippen molar-refractivity contribution in [2.45, 2.75) is 19.3 Å². The van der Waals surface area contributed by atoms with Gasteiger partial charge < -0.3 is 19.7 Å². The van der Waals surface area contributed by atoms with Crippen molar-refractivity contribution in [1.82, 2.24) is 0 Å². The fraction of sp³-hybridized carbons (Fsp3) is 0.318. The first kappa shape index (κ1) is 20.2. The number of hydrogen-bond donors (Lipinski definition) is 1. The highest BCUT2D eigenvalue weighted by Crippen LogP contribution is 2.21. The highest BCUT2D eigenvalue weighted by Gasteiger charge is 2.12. The molecule has 0 atom stereocenters. The smallest absolute Gasteiger partial charge is 0.344 e. The number of amides is 1. The molecule has 1 aliphatic heterocycles. The molecule has 2 aromatic rings. The van der Waals surface area contributed by atoms with E-state index in [1.165, 1.54) is 19.3 Å². The molecule has 0 spiro atoms. The first-order valence-corrected chi connectivity index (χ1v) is 9.58. The molecular weight excluding hydrogens is 370 g/mol. The largest absolute Gasteiger partial charge is 0.481 e. The fourth-order valence-electron chi connectivity index (χ4n) is 3.11. The zero-order valence-electron chi connectivity index (χ0n) is 16.1. The molecule has 150 valence electrons. The van der Waals surface area contributed by atoms with Gasteiger partial charge in [-0.05, 0) is 55.7 Å². The number of para-hydroxylation sites is 1. The Bertz CT molecular complexity index is 884. The van der Waals surface area contributed by atoms with Gasteiger partial charge in [-0.25, -0.2) is 4.79 Å². The number of nitrogens with one attached hydrogen (secondary N) is 1. The second-order valence-electron chi connectivity index (χ2n) is 6.70. The lowest BCUT2D eigenvalue weighted by Gasteiger charge is -2.28. The van der Waals surface area contributed by atoms with Gasteiger partial charge in [0, 0.05) is 24.5 Å². The van der Waals surface area contributed by atoms with Gasteiger partial charge in [0.2, 0.25) is 0 Å². The predicted octanol–water partition coefficient (Wildman–Crippen LogP) is 3.11. The summed E-state index contributed by atoms with van der Waals surface area (Å²) in [5.74, 6) is -0.819. The van der Waals surface area contributed by atoms with E-state index in [9.17, 15) is 9.59 Å². The molecule has 29 heavy (non-hydrogen) atoms. The monoisotopic (exact) mass is 393 g/mol. The maximum atomic E-state index is 12.0. The van der Waals surface area contributed by atoms with E-state index < -0.39 is 18.5 Å². The summed E-state index contributed by atoms with van der Waals surface area (Å²) in [4.78, 5) is 26.1. The summed E-state index contributed by atoms with van der Waals surface area (Å²) in [6, 6.07) is 16.2. The van der Waals surface area contributed by atoms with Crippen molar-refractivity contribution in [3.63, 3.8) is 0 Å². The maximum Gasteiger partial charge on any atom is 0.344 e. The summed E-state index contributed by atoms with van der Waals surface area (Å²) < 4.78 is 10.2. The summed E-state index contributed by atoms with van der Waals surface area (Å²) in [7, 11) is 0. The Kier molecular flexibility index (Phi) is 7.06. The average molecular weight is 393 g/mol. The van der Waals surface area contributed by atoms with Crippen LogP contribution in [0.2, 0.25) is 0 Å². The second-order valence-corrected chi connectivity index (χ2v) is 6.70. The summed E-state index contributed by atoms with van der Waals surface area (Å²) in [6.07, 6.45) is 3.69. The molecule has 0 bridgehead atoms. The molecule has 3 rings (SSSR count). The van der Waals surface area contributed by atoms with Crippen molar-refractivity contribution < 1.29 is 19.1 Å². The van der Waals surface area contributed by atoms with Crippen LogP contribution in [0.15, 0.2) is 48.5 Å². The number of ether oxygens (including phenoxy) is 2. The quantitative estimate of drug-likeness (QED) is 0.727. The van der Waals surface area contributed by atoms with Gasteiger partial charge >= 0.3 is 5.97 Å². The van der Waals surface area contributed by atoms with Gasteiger partial charge in [-0.3, -0.25) is 4.79 Å². The number of piperidine rings is 1. The van der Waals surface area contributed by atoms with E-state index in [2.05, 4.69) is 10.2 Å². The van der Waals surface area contributed by atoms with Gasteiger partial charge in [-0.1, -0.05) is 12.1 Å². The highest BCUT2D eigenvalue weighted by molar-refractivity contribution is 5.93. The van der Waals surface area contributed by atoms with Crippen molar-refractivity contribution in [2.24, 2.45) is 0 Å². The third kappa shape index (κ3) is 5.98. The fourth-order valence-corrected chi connectivity index (χ4v) is 3.11. The van der Waals surface area contributed by atoms with Crippen molar-refractivity contribution in [3.05, 3.63) is 54.1 Å². The van der Waals surface area contributed by atoms with Crippen molar-refractivity contribution in [2.75, 3.05) is 36.5 Å². The Labute approximate surface area is 169 Å². The standard InChI is InChI=1S/C22H23N3O4/c23-14-17-6-2-3-7-20(17)28-16-22(27)29-15-21(26)24-18-8-10-19(11-9-18)25-12-4-1-5-13-25/h2-3,6-11H,1,4-5,12-13,15-16H2,(H,24,26). The van der Waals surface area contributed by atoms with Gasteiger partial charge in [0.25, 0.3) is 5.91 Å². The molecule has 7 heteroatoms. The molecule has 1 N–H and O–H groups in total. The molecule has 1 amide bonds. The molecule has 0 aromatic heterocycles. The minimum Gasteiger partial charge on any atom is -0.481 e. The Morgan fingerprint density at radius 2 is 1.72 bits per heavy atom. The van der Waals surface area contributed by atoms with Crippen molar-refractivity contribution in [3.8, 4) is 11.8 Å². The minimum absolute atomic E-state index is 0.296. The van der Waals surface area contributed by atoms with Crippen LogP contribution in [0, 0.1) is 11.3 Å². The van der Waals surface area contributed by atoms with Crippen LogP contribution in [0.3, 0.4) is 0 Å². The van der Waals surface area contributed by atoms with Crippen LogP contribution in [0.5, 0.6) is 5.75 Å². The summed E-state index contributed by atoms with van der Waals surface area (Å²) in [6.45, 7) is 1.33. The minimum atomic E-state index is -0.687. The number of hydrogen-bond acceptors (Lipinski definition) is 6. The third-order valence-corrected chi connectivity index (χ3v) is 4.59. The van der Waals surface area contributed by atoms with E-state index in [0.717, 1.165) is 18.8 Å². The van der Waals surface area contributed by atoms with Crippen molar-refractivity contribution in [1.29, 1.82) is 5.26 Å². The van der Waals surface area contributed by atoms with E-state index in [4.69, 9.17) is 14.7 Å². The second kappa shape index (κ2) is 10.1. The molecule has 1 fully saturated rings. The molecule has 1 heterocycles. The lowest BCUT2D eigenvalue weighted by atomic mass is 10.1. The first-order valence-electron chi connectivity index (χ1n) is 9.58. The predicted molar refractivity (Wildman–Crippen MR) is 109 cm³/mol. The van der Waals surface area contributed by atoms with Gasteiger partial charge in [0.1, 0.15) is 11.8 Å². The zero-order chi connectivity index (χ0) is 20.5. The summed E-state index contributed by atoms with van der Waals surface area (Å²) in [5, 5.41) is 11.7. The molecule has 0 aliphatic carbocycles. The topological polar surface area (TPSA) is 91.7 Å².